The van der Waals surface area contributed by atoms with Gasteiger partial charge in [0, 0.05) is 12.3 Å². The summed E-state index contributed by atoms with van der Waals surface area (Å²) in [5, 5.41) is 0. The van der Waals surface area contributed by atoms with Crippen molar-refractivity contribution >= 4 is 0 Å². The Kier molecular flexibility index (Phi) is 3.94. The van der Waals surface area contributed by atoms with E-state index in [1.54, 1.807) is 0 Å². The first kappa shape index (κ1) is 16.0. The third kappa shape index (κ3) is 2.68. The number of hydrogen-bond acceptors (Lipinski definition) is 3. The van der Waals surface area contributed by atoms with Gasteiger partial charge in [-0.05, 0) is 0 Å². The molecule has 0 aliphatic rings. The molecule has 10 heteroatoms. The Morgan fingerprint density at radius 2 is 1.64 bits per heavy atom. The zero-order chi connectivity index (χ0) is 16.7. The van der Waals surface area contributed by atoms with Crippen molar-refractivity contribution in [2.24, 2.45) is 0 Å². The third-order valence-electron chi connectivity index (χ3n) is 2.64. The first-order valence-corrected chi connectivity index (χ1v) is 5.48. The molecule has 2 heterocycles. The van der Waals surface area contributed by atoms with E-state index in [9.17, 15) is 30.7 Å². The molecule has 2 aromatic heterocycles. The van der Waals surface area contributed by atoms with Crippen LogP contribution in [0.4, 0.5) is 30.7 Å². The predicted octanol–water partition coefficient (Wildman–Crippen LogP) is 3.73. The molecule has 0 unspecified atom stereocenters. The molecule has 0 saturated carbocycles. The number of aromatic nitrogens is 2. The zero-order valence-electron chi connectivity index (χ0n) is 10.6. The van der Waals surface area contributed by atoms with Crippen molar-refractivity contribution in [3.05, 3.63) is 41.4 Å². The van der Waals surface area contributed by atoms with Gasteiger partial charge in [-0.1, -0.05) is 0 Å². The summed E-state index contributed by atoms with van der Waals surface area (Å²) < 4.78 is 95.4. The van der Waals surface area contributed by atoms with Crippen molar-refractivity contribution in [3.63, 3.8) is 0 Å². The number of halogens is 7. The number of rotatable bonds is 2. The second kappa shape index (κ2) is 5.43. The van der Waals surface area contributed by atoms with Crippen molar-refractivity contribution < 1.29 is 35.5 Å². The topological polar surface area (TPSA) is 35.0 Å². The van der Waals surface area contributed by atoms with Crippen LogP contribution in [0.25, 0.3) is 11.3 Å². The summed E-state index contributed by atoms with van der Waals surface area (Å²) in [5.41, 5.74) is -3.34. The maximum absolute atomic E-state index is 13.6. The number of ether oxygens (including phenoxy) is 1. The smallest absolute Gasteiger partial charge is 0.424 e. The first-order valence-electron chi connectivity index (χ1n) is 5.48. The summed E-state index contributed by atoms with van der Waals surface area (Å²) in [6.07, 6.45) is -4.63. The molecule has 2 aromatic rings. The number of hydrogen-bond donors (Lipinski definition) is 0. The molecule has 0 atom stereocenters. The Balaban J connectivity index is 2.70. The van der Waals surface area contributed by atoms with Gasteiger partial charge in [-0.2, -0.15) is 26.3 Å². The Morgan fingerprint density at radius 3 is 2.18 bits per heavy atom. The summed E-state index contributed by atoms with van der Waals surface area (Å²) in [6, 6.07) is 0.545. The molecule has 0 N–H and O–H groups in total. The lowest BCUT2D eigenvalue weighted by atomic mass is 10.1. The SMILES string of the molecule is COc1cc(-c2cnc(F)c(F)c2F)nc(F)c1C(F)(F)F. The van der Waals surface area contributed by atoms with Gasteiger partial charge in [0.25, 0.3) is 5.95 Å². The molecule has 118 valence electrons. The Bertz CT molecular complexity index is 730. The largest absolute Gasteiger partial charge is 0.496 e. The van der Waals surface area contributed by atoms with Crippen LogP contribution in [-0.2, 0) is 6.18 Å². The van der Waals surface area contributed by atoms with Crippen molar-refractivity contribution in [1.29, 1.82) is 0 Å². The second-order valence-corrected chi connectivity index (χ2v) is 3.96. The molecular weight excluding hydrogens is 321 g/mol. The first-order chi connectivity index (χ1) is 10.2. The summed E-state index contributed by atoms with van der Waals surface area (Å²) in [7, 11) is 0.827. The second-order valence-electron chi connectivity index (χ2n) is 3.96. The molecule has 0 saturated heterocycles. The van der Waals surface area contributed by atoms with E-state index in [4.69, 9.17) is 0 Å². The molecule has 0 spiro atoms. The maximum atomic E-state index is 13.6. The molecule has 0 radical (unpaired) electrons. The van der Waals surface area contributed by atoms with E-state index in [2.05, 4.69) is 14.7 Å². The van der Waals surface area contributed by atoms with Gasteiger partial charge in [0.15, 0.2) is 11.4 Å². The van der Waals surface area contributed by atoms with Gasteiger partial charge in [0.05, 0.1) is 18.4 Å². The van der Waals surface area contributed by atoms with Crippen LogP contribution in [0.1, 0.15) is 5.56 Å². The minimum Gasteiger partial charge on any atom is -0.496 e. The van der Waals surface area contributed by atoms with Crippen LogP contribution in [-0.4, -0.2) is 17.1 Å². The molecule has 0 aliphatic heterocycles. The summed E-state index contributed by atoms with van der Waals surface area (Å²) in [6.45, 7) is 0. The van der Waals surface area contributed by atoms with Crippen LogP contribution in [0.2, 0.25) is 0 Å². The molecular formula is C12H5F7N2O. The quantitative estimate of drug-likeness (QED) is 0.623. The van der Waals surface area contributed by atoms with Crippen molar-refractivity contribution in [2.45, 2.75) is 6.18 Å². The molecule has 0 amide bonds. The van der Waals surface area contributed by atoms with Crippen LogP contribution in [0.15, 0.2) is 12.3 Å². The highest BCUT2D eigenvalue weighted by Crippen LogP contribution is 2.39. The predicted molar refractivity (Wildman–Crippen MR) is 58.9 cm³/mol. The van der Waals surface area contributed by atoms with Crippen LogP contribution < -0.4 is 4.74 Å². The summed E-state index contributed by atoms with van der Waals surface area (Å²) >= 11 is 0. The monoisotopic (exact) mass is 326 g/mol. The summed E-state index contributed by atoms with van der Waals surface area (Å²) in [4.78, 5) is 5.78. The fourth-order valence-corrected chi connectivity index (χ4v) is 1.67. The molecule has 0 fully saturated rings. The van der Waals surface area contributed by atoms with E-state index < -0.39 is 52.3 Å². The third-order valence-corrected chi connectivity index (χ3v) is 2.64. The van der Waals surface area contributed by atoms with Gasteiger partial charge in [-0.25, -0.2) is 14.4 Å². The molecule has 0 bridgehead atoms. The minimum atomic E-state index is -5.11. The highest BCUT2D eigenvalue weighted by atomic mass is 19.4. The van der Waals surface area contributed by atoms with Crippen molar-refractivity contribution in [2.75, 3.05) is 7.11 Å². The molecule has 0 aliphatic carbocycles. The standard InChI is InChI=1S/C12H5F7N2O/c1-22-6-2-5(21-10(15)7(6)12(17,18)19)4-3-20-11(16)9(14)8(4)13/h2-3H,1H3. The average Bonchev–Trinajstić information content (AvgIpc) is 2.42. The summed E-state index contributed by atoms with van der Waals surface area (Å²) in [5.74, 6) is -8.45. The van der Waals surface area contributed by atoms with E-state index >= 15 is 0 Å². The van der Waals surface area contributed by atoms with Crippen LogP contribution in [0.5, 0.6) is 5.75 Å². The maximum Gasteiger partial charge on any atom is 0.424 e. The lowest BCUT2D eigenvalue weighted by Gasteiger charge is -2.14. The van der Waals surface area contributed by atoms with E-state index in [-0.39, 0.29) is 0 Å². The van der Waals surface area contributed by atoms with Gasteiger partial charge in [-0.3, -0.25) is 0 Å². The number of pyridine rings is 2. The van der Waals surface area contributed by atoms with Crippen LogP contribution in [0.3, 0.4) is 0 Å². The Hall–Kier alpha value is -2.39. The van der Waals surface area contributed by atoms with E-state index in [1.165, 1.54) is 0 Å². The molecule has 22 heavy (non-hydrogen) atoms. The van der Waals surface area contributed by atoms with Crippen LogP contribution in [0, 0.1) is 23.5 Å². The number of nitrogens with zero attached hydrogens (tertiary/aromatic N) is 2. The molecule has 2 rings (SSSR count). The highest BCUT2D eigenvalue weighted by Gasteiger charge is 2.39. The van der Waals surface area contributed by atoms with Gasteiger partial charge in [-0.15, -0.1) is 0 Å². The lowest BCUT2D eigenvalue weighted by molar-refractivity contribution is -0.141. The van der Waals surface area contributed by atoms with Gasteiger partial charge < -0.3 is 4.74 Å². The zero-order valence-corrected chi connectivity index (χ0v) is 10.6. The Morgan fingerprint density at radius 1 is 1.00 bits per heavy atom. The van der Waals surface area contributed by atoms with Gasteiger partial charge in [0.1, 0.15) is 5.75 Å². The number of alkyl halides is 3. The van der Waals surface area contributed by atoms with Gasteiger partial charge >= 0.3 is 6.18 Å². The van der Waals surface area contributed by atoms with Crippen molar-refractivity contribution in [1.82, 2.24) is 9.97 Å². The molecule has 3 nitrogen and oxygen atoms in total. The van der Waals surface area contributed by atoms with E-state index in [0.29, 0.717) is 12.3 Å². The van der Waals surface area contributed by atoms with E-state index in [1.807, 2.05) is 0 Å². The van der Waals surface area contributed by atoms with Crippen molar-refractivity contribution in [3.8, 4) is 17.0 Å². The minimum absolute atomic E-state index is 0.474. The van der Waals surface area contributed by atoms with E-state index in [0.717, 1.165) is 7.11 Å². The fourth-order valence-electron chi connectivity index (χ4n) is 1.67. The Labute approximate surface area is 118 Å². The highest BCUT2D eigenvalue weighted by molar-refractivity contribution is 5.61. The molecule has 0 aromatic carbocycles. The normalized spacial score (nSPS) is 11.6. The number of methoxy groups -OCH3 is 1. The van der Waals surface area contributed by atoms with Gasteiger partial charge in [0.2, 0.25) is 11.8 Å². The van der Waals surface area contributed by atoms with Crippen LogP contribution >= 0.6 is 0 Å². The fraction of sp³-hybridized carbons (Fsp3) is 0.167. The lowest BCUT2D eigenvalue weighted by Crippen LogP contribution is -2.13. The average molecular weight is 326 g/mol.